The Hall–Kier alpha value is -1.57. The maximum absolute atomic E-state index is 11.6. The Labute approximate surface area is 95.7 Å². The topological polar surface area (TPSA) is 81.4 Å². The molecule has 0 atom stereocenters. The van der Waals surface area contributed by atoms with Crippen molar-refractivity contribution in [3.8, 4) is 6.07 Å². The molecule has 0 aromatic carbocycles. The van der Waals surface area contributed by atoms with Crippen molar-refractivity contribution >= 4 is 11.9 Å². The van der Waals surface area contributed by atoms with Gasteiger partial charge in [0.2, 0.25) is 5.91 Å². The first-order chi connectivity index (χ1) is 7.61. The summed E-state index contributed by atoms with van der Waals surface area (Å²) >= 11 is 0. The van der Waals surface area contributed by atoms with E-state index in [1.54, 1.807) is 4.90 Å². The maximum Gasteiger partial charge on any atom is 0.303 e. The second-order valence-electron chi connectivity index (χ2n) is 3.48. The summed E-state index contributed by atoms with van der Waals surface area (Å²) in [5, 5.41) is 16.8. The molecule has 0 fully saturated rings. The first-order valence-corrected chi connectivity index (χ1v) is 5.48. The summed E-state index contributed by atoms with van der Waals surface area (Å²) in [6.07, 6.45) is 1.93. The molecule has 16 heavy (non-hydrogen) atoms. The molecule has 0 aliphatic heterocycles. The number of carboxylic acid groups (broad SMARTS) is 1. The maximum atomic E-state index is 11.6. The number of unbranched alkanes of at least 4 members (excludes halogenated alkanes) is 1. The molecule has 0 bridgehead atoms. The molecule has 0 aromatic rings. The van der Waals surface area contributed by atoms with Gasteiger partial charge in [0.05, 0.1) is 12.5 Å². The lowest BCUT2D eigenvalue weighted by molar-refractivity contribution is -0.137. The molecule has 0 saturated carbocycles. The van der Waals surface area contributed by atoms with Crippen molar-refractivity contribution in [1.82, 2.24) is 4.90 Å². The number of aliphatic carboxylic acids is 1. The van der Waals surface area contributed by atoms with E-state index in [2.05, 4.69) is 0 Å². The normalized spacial score (nSPS) is 9.50. The number of nitriles is 1. The van der Waals surface area contributed by atoms with Gasteiger partial charge in [0.25, 0.3) is 0 Å². The molecule has 0 aliphatic rings. The highest BCUT2D eigenvalue weighted by atomic mass is 16.4. The molecule has 0 unspecified atom stereocenters. The fourth-order valence-electron chi connectivity index (χ4n) is 1.35. The average molecular weight is 226 g/mol. The number of carbonyl (C=O) groups excluding carboxylic acids is 1. The summed E-state index contributed by atoms with van der Waals surface area (Å²) in [6.45, 7) is 2.93. The van der Waals surface area contributed by atoms with Gasteiger partial charge < -0.3 is 10.0 Å². The van der Waals surface area contributed by atoms with Crippen LogP contribution in [0.1, 0.15) is 39.0 Å². The number of carbonyl (C=O) groups is 2. The fourth-order valence-corrected chi connectivity index (χ4v) is 1.35. The Kier molecular flexibility index (Phi) is 7.86. The quantitative estimate of drug-likeness (QED) is 0.634. The van der Waals surface area contributed by atoms with Crippen LogP contribution in [0.3, 0.4) is 0 Å². The van der Waals surface area contributed by atoms with Crippen molar-refractivity contribution < 1.29 is 14.7 Å². The molecule has 90 valence electrons. The lowest BCUT2D eigenvalue weighted by atomic mass is 10.2. The Morgan fingerprint density at radius 1 is 1.31 bits per heavy atom. The smallest absolute Gasteiger partial charge is 0.303 e. The minimum absolute atomic E-state index is 0.00291. The summed E-state index contributed by atoms with van der Waals surface area (Å²) in [4.78, 5) is 23.5. The van der Waals surface area contributed by atoms with Gasteiger partial charge in [-0.2, -0.15) is 5.26 Å². The van der Waals surface area contributed by atoms with Crippen molar-refractivity contribution in [1.29, 1.82) is 5.26 Å². The van der Waals surface area contributed by atoms with Gasteiger partial charge >= 0.3 is 5.97 Å². The van der Waals surface area contributed by atoms with Crippen molar-refractivity contribution in [2.45, 2.75) is 39.0 Å². The predicted octanol–water partition coefficient (Wildman–Crippen LogP) is 1.39. The van der Waals surface area contributed by atoms with Crippen LogP contribution < -0.4 is 0 Å². The van der Waals surface area contributed by atoms with Crippen molar-refractivity contribution in [2.24, 2.45) is 0 Å². The van der Waals surface area contributed by atoms with Gasteiger partial charge in [0.1, 0.15) is 0 Å². The molecule has 0 spiro atoms. The Morgan fingerprint density at radius 2 is 1.94 bits per heavy atom. The van der Waals surface area contributed by atoms with Crippen molar-refractivity contribution in [3.05, 3.63) is 0 Å². The zero-order chi connectivity index (χ0) is 12.4. The van der Waals surface area contributed by atoms with Crippen LogP contribution in [0.25, 0.3) is 0 Å². The van der Waals surface area contributed by atoms with E-state index >= 15 is 0 Å². The molecule has 0 aromatic heterocycles. The molecule has 1 N–H and O–H groups in total. The number of hydrogen-bond donors (Lipinski definition) is 1. The number of rotatable bonds is 8. The van der Waals surface area contributed by atoms with Crippen LogP contribution in [0.5, 0.6) is 0 Å². The minimum atomic E-state index is -0.829. The highest BCUT2D eigenvalue weighted by Crippen LogP contribution is 2.04. The third-order valence-corrected chi connectivity index (χ3v) is 2.26. The van der Waals surface area contributed by atoms with Gasteiger partial charge in [0.15, 0.2) is 0 Å². The van der Waals surface area contributed by atoms with Crippen molar-refractivity contribution in [3.63, 3.8) is 0 Å². The van der Waals surface area contributed by atoms with Gasteiger partial charge in [-0.15, -0.1) is 0 Å². The molecule has 5 heteroatoms. The second-order valence-corrected chi connectivity index (χ2v) is 3.48. The molecule has 0 rings (SSSR count). The van der Waals surface area contributed by atoms with E-state index in [0.717, 1.165) is 0 Å². The third-order valence-electron chi connectivity index (χ3n) is 2.26. The SMILES string of the molecule is CCN(CCC#N)C(=O)CCCCC(=O)O. The number of nitrogens with zero attached hydrogens (tertiary/aromatic N) is 2. The number of hydrogen-bond acceptors (Lipinski definition) is 3. The van der Waals surface area contributed by atoms with Gasteiger partial charge in [-0.25, -0.2) is 0 Å². The van der Waals surface area contributed by atoms with Gasteiger partial charge in [0, 0.05) is 25.9 Å². The van der Waals surface area contributed by atoms with Crippen LogP contribution in [0, 0.1) is 11.3 Å². The first-order valence-electron chi connectivity index (χ1n) is 5.48. The second kappa shape index (κ2) is 8.72. The molecule has 0 aliphatic carbocycles. The lowest BCUT2D eigenvalue weighted by Gasteiger charge is -2.19. The monoisotopic (exact) mass is 226 g/mol. The zero-order valence-electron chi connectivity index (χ0n) is 9.61. The first kappa shape index (κ1) is 14.4. The molecule has 0 radical (unpaired) electrons. The Balaban J connectivity index is 3.75. The van der Waals surface area contributed by atoms with E-state index in [-0.39, 0.29) is 12.3 Å². The van der Waals surface area contributed by atoms with Crippen LogP contribution in [-0.2, 0) is 9.59 Å². The predicted molar refractivity (Wildman–Crippen MR) is 58.6 cm³/mol. The Morgan fingerprint density at radius 3 is 2.44 bits per heavy atom. The highest BCUT2D eigenvalue weighted by molar-refractivity contribution is 5.76. The highest BCUT2D eigenvalue weighted by Gasteiger charge is 2.10. The van der Waals surface area contributed by atoms with Crippen LogP contribution in [0.15, 0.2) is 0 Å². The molecule has 1 amide bonds. The minimum Gasteiger partial charge on any atom is -0.481 e. The van der Waals surface area contributed by atoms with E-state index in [1.165, 1.54) is 0 Å². The van der Waals surface area contributed by atoms with E-state index < -0.39 is 5.97 Å². The van der Waals surface area contributed by atoms with Crippen LogP contribution >= 0.6 is 0 Å². The molecule has 5 nitrogen and oxygen atoms in total. The van der Waals surface area contributed by atoms with Crippen molar-refractivity contribution in [2.75, 3.05) is 13.1 Å². The lowest BCUT2D eigenvalue weighted by Crippen LogP contribution is -2.31. The van der Waals surface area contributed by atoms with E-state index in [1.807, 2.05) is 13.0 Å². The molecule has 0 saturated heterocycles. The van der Waals surface area contributed by atoms with E-state index in [0.29, 0.717) is 38.8 Å². The third kappa shape index (κ3) is 6.82. The molecule has 0 heterocycles. The number of carboxylic acids is 1. The average Bonchev–Trinajstić information content (AvgIpc) is 2.25. The summed E-state index contributed by atoms with van der Waals surface area (Å²) in [5.74, 6) is -0.826. The van der Waals surface area contributed by atoms with Gasteiger partial charge in [-0.05, 0) is 19.8 Å². The molecular formula is C11H18N2O3. The van der Waals surface area contributed by atoms with Crippen LogP contribution in [-0.4, -0.2) is 35.0 Å². The van der Waals surface area contributed by atoms with Crippen LogP contribution in [0.4, 0.5) is 0 Å². The van der Waals surface area contributed by atoms with Gasteiger partial charge in [-0.1, -0.05) is 0 Å². The van der Waals surface area contributed by atoms with Crippen LogP contribution in [0.2, 0.25) is 0 Å². The molecular weight excluding hydrogens is 208 g/mol. The van der Waals surface area contributed by atoms with E-state index in [9.17, 15) is 9.59 Å². The van der Waals surface area contributed by atoms with E-state index in [4.69, 9.17) is 10.4 Å². The largest absolute Gasteiger partial charge is 0.481 e. The summed E-state index contributed by atoms with van der Waals surface area (Å²) in [7, 11) is 0. The zero-order valence-corrected chi connectivity index (χ0v) is 9.61. The summed E-state index contributed by atoms with van der Waals surface area (Å²) in [6, 6.07) is 2.00. The number of amides is 1. The Bertz CT molecular complexity index is 271. The fraction of sp³-hybridized carbons (Fsp3) is 0.727. The summed E-state index contributed by atoms with van der Waals surface area (Å²) < 4.78 is 0. The standard InChI is InChI=1S/C11H18N2O3/c1-2-13(9-5-8-12)10(14)6-3-4-7-11(15)16/h2-7,9H2,1H3,(H,15,16). The van der Waals surface area contributed by atoms with Gasteiger partial charge in [-0.3, -0.25) is 9.59 Å². The summed E-state index contributed by atoms with van der Waals surface area (Å²) in [5.41, 5.74) is 0.